The number of aromatic nitrogens is 2. The Hall–Kier alpha value is -0.680. The van der Waals surface area contributed by atoms with Crippen LogP contribution in [0.5, 0.6) is 0 Å². The van der Waals surface area contributed by atoms with Crippen molar-refractivity contribution in [2.45, 2.75) is 33.7 Å². The first-order chi connectivity index (χ1) is 8.19. The molecule has 2 atom stereocenters. The predicted octanol–water partition coefficient (Wildman–Crippen LogP) is 2.45. The number of nitrogens with one attached hydrogen (secondary N) is 1. The fraction of sp³-hybridized carbons (Fsp3) is 0.833. The molecule has 0 amide bonds. The van der Waals surface area contributed by atoms with Crippen molar-refractivity contribution >= 4 is 16.5 Å². The van der Waals surface area contributed by atoms with Crippen LogP contribution < -0.4 is 5.32 Å². The number of hydrogen-bond donors (Lipinski definition) is 1. The molecule has 1 aromatic heterocycles. The van der Waals surface area contributed by atoms with Crippen molar-refractivity contribution in [3.63, 3.8) is 0 Å². The lowest BCUT2D eigenvalue weighted by Crippen LogP contribution is -2.38. The van der Waals surface area contributed by atoms with Crippen molar-refractivity contribution in [2.24, 2.45) is 11.8 Å². The smallest absolute Gasteiger partial charge is 0.134 e. The molecule has 0 spiro atoms. The molecule has 5 heteroatoms. The molecule has 4 nitrogen and oxygen atoms in total. The Morgan fingerprint density at radius 3 is 2.71 bits per heavy atom. The molecule has 2 heterocycles. The lowest BCUT2D eigenvalue weighted by molar-refractivity contribution is 0.133. The topological polar surface area (TPSA) is 41.1 Å². The lowest BCUT2D eigenvalue weighted by Gasteiger charge is -2.34. The molecule has 1 saturated heterocycles. The number of anilines is 1. The molecule has 0 aromatic carbocycles. The molecule has 2 rings (SSSR count). The Kier molecular flexibility index (Phi) is 4.34. The van der Waals surface area contributed by atoms with Gasteiger partial charge in [-0.3, -0.25) is 4.90 Å². The van der Waals surface area contributed by atoms with Gasteiger partial charge in [0.25, 0.3) is 0 Å². The third-order valence-electron chi connectivity index (χ3n) is 3.21. The van der Waals surface area contributed by atoms with E-state index in [9.17, 15) is 0 Å². The highest BCUT2D eigenvalue weighted by Gasteiger charge is 2.23. The van der Waals surface area contributed by atoms with Crippen molar-refractivity contribution in [1.82, 2.24) is 14.5 Å². The molecule has 1 aliphatic heterocycles. The molecule has 2 unspecified atom stereocenters. The van der Waals surface area contributed by atoms with Gasteiger partial charge in [-0.25, -0.2) is 0 Å². The average Bonchev–Trinajstić information content (AvgIpc) is 2.65. The molecule has 96 valence electrons. The van der Waals surface area contributed by atoms with Crippen LogP contribution in [0.2, 0.25) is 0 Å². The number of hydrogen-bond acceptors (Lipinski definition) is 5. The fourth-order valence-electron chi connectivity index (χ4n) is 2.74. The largest absolute Gasteiger partial charge is 0.374 e. The molecule has 0 aliphatic carbocycles. The number of rotatable bonds is 4. The van der Waals surface area contributed by atoms with E-state index in [1.807, 2.05) is 0 Å². The van der Waals surface area contributed by atoms with E-state index in [4.69, 9.17) is 0 Å². The second-order valence-corrected chi connectivity index (χ2v) is 5.97. The number of likely N-dealkylation sites (tertiary alicyclic amines) is 1. The summed E-state index contributed by atoms with van der Waals surface area (Å²) in [5, 5.41) is 8.72. The van der Waals surface area contributed by atoms with Gasteiger partial charge in [-0.15, -0.1) is 5.10 Å². The summed E-state index contributed by atoms with van der Waals surface area (Å²) >= 11 is 1.47. The van der Waals surface area contributed by atoms with Crippen molar-refractivity contribution < 1.29 is 0 Å². The quantitative estimate of drug-likeness (QED) is 0.896. The van der Waals surface area contributed by atoms with Crippen molar-refractivity contribution in [1.29, 1.82) is 0 Å². The summed E-state index contributed by atoms with van der Waals surface area (Å²) in [6.07, 6.45) is 1.35. The van der Waals surface area contributed by atoms with E-state index in [2.05, 4.69) is 40.6 Å². The van der Waals surface area contributed by atoms with Crippen LogP contribution in [-0.4, -0.2) is 34.1 Å². The van der Waals surface area contributed by atoms with Crippen molar-refractivity contribution in [3.8, 4) is 0 Å². The Labute approximate surface area is 108 Å². The molecule has 0 bridgehead atoms. The van der Waals surface area contributed by atoms with E-state index in [-0.39, 0.29) is 0 Å². The highest BCUT2D eigenvalue weighted by molar-refractivity contribution is 7.10. The summed E-state index contributed by atoms with van der Waals surface area (Å²) in [4.78, 5) is 2.51. The van der Waals surface area contributed by atoms with Gasteiger partial charge in [0.15, 0.2) is 0 Å². The van der Waals surface area contributed by atoms with Gasteiger partial charge >= 0.3 is 0 Å². The molecular weight excluding hydrogens is 232 g/mol. The second-order valence-electron chi connectivity index (χ2n) is 5.22. The fourth-order valence-corrected chi connectivity index (χ4v) is 3.38. The standard InChI is InChI=1S/C12H22N4S/c1-4-13-12-11(14-15-17-12)8-16-6-9(2)5-10(3)7-16/h9-10,13H,4-8H2,1-3H3. The van der Waals surface area contributed by atoms with Crippen LogP contribution in [0.15, 0.2) is 0 Å². The van der Waals surface area contributed by atoms with Gasteiger partial charge < -0.3 is 5.32 Å². The zero-order chi connectivity index (χ0) is 12.3. The maximum Gasteiger partial charge on any atom is 0.134 e. The van der Waals surface area contributed by atoms with Crippen LogP contribution in [0.25, 0.3) is 0 Å². The van der Waals surface area contributed by atoms with Gasteiger partial charge in [0.1, 0.15) is 10.7 Å². The minimum Gasteiger partial charge on any atom is -0.374 e. The van der Waals surface area contributed by atoms with Gasteiger partial charge in [-0.2, -0.15) is 0 Å². The minimum atomic E-state index is 0.799. The minimum absolute atomic E-state index is 0.799. The molecule has 1 N–H and O–H groups in total. The predicted molar refractivity (Wildman–Crippen MR) is 72.3 cm³/mol. The lowest BCUT2D eigenvalue weighted by atomic mass is 9.92. The summed E-state index contributed by atoms with van der Waals surface area (Å²) in [6.45, 7) is 11.0. The van der Waals surface area contributed by atoms with E-state index < -0.39 is 0 Å². The zero-order valence-corrected chi connectivity index (χ0v) is 11.8. The zero-order valence-electron chi connectivity index (χ0n) is 10.9. The van der Waals surface area contributed by atoms with Crippen LogP contribution in [0.4, 0.5) is 5.00 Å². The Morgan fingerprint density at radius 2 is 2.06 bits per heavy atom. The Bertz CT molecular complexity index is 342. The molecule has 0 saturated carbocycles. The van der Waals surface area contributed by atoms with Crippen LogP contribution in [0.3, 0.4) is 0 Å². The SMILES string of the molecule is CCNc1snnc1CN1CC(C)CC(C)C1. The summed E-state index contributed by atoms with van der Waals surface area (Å²) in [6, 6.07) is 0. The van der Waals surface area contributed by atoms with Gasteiger partial charge in [0, 0.05) is 37.7 Å². The van der Waals surface area contributed by atoms with Crippen LogP contribution in [-0.2, 0) is 6.54 Å². The number of piperidine rings is 1. The molecule has 1 aromatic rings. The van der Waals surface area contributed by atoms with Gasteiger partial charge in [-0.1, -0.05) is 18.3 Å². The average molecular weight is 254 g/mol. The van der Waals surface area contributed by atoms with Crippen molar-refractivity contribution in [3.05, 3.63) is 5.69 Å². The Morgan fingerprint density at radius 1 is 1.35 bits per heavy atom. The maximum atomic E-state index is 4.24. The maximum absolute atomic E-state index is 4.24. The molecular formula is C12H22N4S. The first-order valence-corrected chi connectivity index (χ1v) is 7.23. The van der Waals surface area contributed by atoms with Gasteiger partial charge in [0.05, 0.1) is 0 Å². The highest BCUT2D eigenvalue weighted by atomic mass is 32.1. The normalized spacial score (nSPS) is 26.1. The van der Waals surface area contributed by atoms with Crippen LogP contribution in [0, 0.1) is 11.8 Å². The Balaban J connectivity index is 1.97. The van der Waals surface area contributed by atoms with Crippen LogP contribution >= 0.6 is 11.5 Å². The van der Waals surface area contributed by atoms with E-state index in [1.54, 1.807) is 0 Å². The third-order valence-corrected chi connectivity index (χ3v) is 3.94. The van der Waals surface area contributed by atoms with Crippen molar-refractivity contribution in [2.75, 3.05) is 25.0 Å². The molecule has 1 fully saturated rings. The monoisotopic (exact) mass is 254 g/mol. The van der Waals surface area contributed by atoms with Gasteiger partial charge in [-0.05, 0) is 25.2 Å². The van der Waals surface area contributed by atoms with Gasteiger partial charge in [0.2, 0.25) is 0 Å². The molecule has 0 radical (unpaired) electrons. The van der Waals surface area contributed by atoms with E-state index >= 15 is 0 Å². The first kappa shape index (κ1) is 12.8. The third kappa shape index (κ3) is 3.39. The first-order valence-electron chi connectivity index (χ1n) is 6.46. The summed E-state index contributed by atoms with van der Waals surface area (Å²) < 4.78 is 4.05. The molecule has 17 heavy (non-hydrogen) atoms. The van der Waals surface area contributed by atoms with E-state index in [0.717, 1.165) is 35.6 Å². The summed E-state index contributed by atoms with van der Waals surface area (Å²) in [7, 11) is 0. The summed E-state index contributed by atoms with van der Waals surface area (Å²) in [5.74, 6) is 1.60. The van der Waals surface area contributed by atoms with E-state index in [1.165, 1.54) is 31.0 Å². The highest BCUT2D eigenvalue weighted by Crippen LogP contribution is 2.25. The second kappa shape index (κ2) is 5.78. The molecule has 1 aliphatic rings. The number of nitrogens with zero attached hydrogens (tertiary/aromatic N) is 3. The van der Waals surface area contributed by atoms with E-state index in [0.29, 0.717) is 0 Å². The summed E-state index contributed by atoms with van der Waals surface area (Å²) in [5.41, 5.74) is 1.11. The van der Waals surface area contributed by atoms with Crippen LogP contribution in [0.1, 0.15) is 32.9 Å².